The average molecular weight is 427 g/mol. The zero-order valence-electron chi connectivity index (χ0n) is 17.8. The van der Waals surface area contributed by atoms with Gasteiger partial charge in [0.25, 0.3) is 5.91 Å². The van der Waals surface area contributed by atoms with Crippen molar-refractivity contribution in [3.05, 3.63) is 48.0 Å². The molecule has 166 valence electrons. The third kappa shape index (κ3) is 6.38. The van der Waals surface area contributed by atoms with Gasteiger partial charge >= 0.3 is 5.97 Å². The number of carbonyl (C=O) groups is 2. The van der Waals surface area contributed by atoms with Crippen molar-refractivity contribution in [3.8, 4) is 17.2 Å². The fourth-order valence-corrected chi connectivity index (χ4v) is 3.28. The second-order valence-corrected chi connectivity index (χ2v) is 7.48. The molecule has 0 radical (unpaired) electrons. The molecule has 3 rings (SSSR count). The number of carbonyl (C=O) groups excluding carboxylic acids is 1. The van der Waals surface area contributed by atoms with Gasteiger partial charge < -0.3 is 24.6 Å². The van der Waals surface area contributed by atoms with Crippen LogP contribution < -0.4 is 19.5 Å². The molecule has 31 heavy (non-hydrogen) atoms. The number of carboxylic acid groups (broad SMARTS) is 1. The largest absolute Gasteiger partial charge is 0.494 e. The topological polar surface area (TPSA) is 94.1 Å². The smallest absolute Gasteiger partial charge is 0.348 e. The molecule has 1 heterocycles. The zero-order chi connectivity index (χ0) is 22.1. The lowest BCUT2D eigenvalue weighted by molar-refractivity contribution is -0.147. The molecule has 0 spiro atoms. The first-order valence-electron chi connectivity index (χ1n) is 10.8. The van der Waals surface area contributed by atoms with E-state index in [2.05, 4.69) is 12.2 Å². The molecule has 1 aliphatic rings. The van der Waals surface area contributed by atoms with Gasteiger partial charge in [-0.3, -0.25) is 4.79 Å². The standard InChI is InChI=1S/C24H29NO6/c1-2-3-4-5-6-7-15-29-18-13-11-17(12-14-18)23(26)25-19-9-8-10-20-22(19)31-21(16-30-20)24(27)28/h8-14,21H,2-7,15-16H2,1H3,(H,25,26)(H,27,28). The van der Waals surface area contributed by atoms with Gasteiger partial charge in [0.2, 0.25) is 6.10 Å². The van der Waals surface area contributed by atoms with Crippen molar-refractivity contribution in [3.63, 3.8) is 0 Å². The van der Waals surface area contributed by atoms with E-state index in [1.54, 1.807) is 42.5 Å². The van der Waals surface area contributed by atoms with E-state index in [0.29, 0.717) is 23.6 Å². The number of anilines is 1. The van der Waals surface area contributed by atoms with Gasteiger partial charge in [-0.25, -0.2) is 4.79 Å². The van der Waals surface area contributed by atoms with E-state index < -0.39 is 12.1 Å². The Bertz CT molecular complexity index is 880. The molecule has 0 saturated heterocycles. The minimum absolute atomic E-state index is 0.0834. The summed E-state index contributed by atoms with van der Waals surface area (Å²) in [6, 6.07) is 11.9. The van der Waals surface area contributed by atoms with Crippen molar-refractivity contribution >= 4 is 17.6 Å². The SMILES string of the molecule is CCCCCCCCOc1ccc(C(=O)Nc2cccc3c2OC(C(=O)O)CO3)cc1. The number of amides is 1. The van der Waals surface area contributed by atoms with Crippen LogP contribution in [0.25, 0.3) is 0 Å². The predicted octanol–water partition coefficient (Wildman–Crippen LogP) is 4.90. The maximum Gasteiger partial charge on any atom is 0.348 e. The summed E-state index contributed by atoms with van der Waals surface area (Å²) in [4.78, 5) is 23.8. The number of benzene rings is 2. The highest BCUT2D eigenvalue weighted by molar-refractivity contribution is 6.05. The van der Waals surface area contributed by atoms with Crippen LogP contribution in [0.15, 0.2) is 42.5 Å². The van der Waals surface area contributed by atoms with Crippen LogP contribution in [0.2, 0.25) is 0 Å². The van der Waals surface area contributed by atoms with Crippen LogP contribution in [-0.4, -0.2) is 36.3 Å². The third-order valence-electron chi connectivity index (χ3n) is 5.04. The second kappa shape index (κ2) is 11.2. The molecule has 2 N–H and O–H groups in total. The quantitative estimate of drug-likeness (QED) is 0.495. The summed E-state index contributed by atoms with van der Waals surface area (Å²) in [5, 5.41) is 11.9. The van der Waals surface area contributed by atoms with Crippen molar-refractivity contribution in [1.82, 2.24) is 0 Å². The molecule has 0 saturated carbocycles. The summed E-state index contributed by atoms with van der Waals surface area (Å²) >= 11 is 0. The molecule has 1 atom stereocenters. The average Bonchev–Trinajstić information content (AvgIpc) is 2.78. The molecular formula is C24H29NO6. The summed E-state index contributed by atoms with van der Waals surface area (Å²) < 4.78 is 16.7. The summed E-state index contributed by atoms with van der Waals surface area (Å²) in [5.41, 5.74) is 0.813. The zero-order valence-corrected chi connectivity index (χ0v) is 17.8. The molecule has 1 amide bonds. The number of nitrogens with one attached hydrogen (secondary N) is 1. The van der Waals surface area contributed by atoms with E-state index in [9.17, 15) is 9.59 Å². The van der Waals surface area contributed by atoms with Crippen molar-refractivity contribution < 1.29 is 28.9 Å². The number of rotatable bonds is 11. The molecule has 2 aromatic carbocycles. The van der Waals surface area contributed by atoms with E-state index >= 15 is 0 Å². The van der Waals surface area contributed by atoms with Gasteiger partial charge in [-0.2, -0.15) is 0 Å². The molecule has 2 aromatic rings. The van der Waals surface area contributed by atoms with Crippen molar-refractivity contribution in [1.29, 1.82) is 0 Å². The van der Waals surface area contributed by atoms with Crippen molar-refractivity contribution in [2.24, 2.45) is 0 Å². The highest BCUT2D eigenvalue weighted by Gasteiger charge is 2.29. The van der Waals surface area contributed by atoms with E-state index in [4.69, 9.17) is 19.3 Å². The molecule has 7 heteroatoms. The number of unbranched alkanes of at least 4 members (excludes halogenated alkanes) is 5. The first-order valence-corrected chi connectivity index (χ1v) is 10.8. The maximum absolute atomic E-state index is 12.6. The lowest BCUT2D eigenvalue weighted by Gasteiger charge is -2.25. The highest BCUT2D eigenvalue weighted by atomic mass is 16.6. The molecule has 1 aliphatic heterocycles. The van der Waals surface area contributed by atoms with Gasteiger partial charge in [-0.15, -0.1) is 0 Å². The first kappa shape index (κ1) is 22.5. The Kier molecular flexibility index (Phi) is 8.15. The van der Waals surface area contributed by atoms with Gasteiger partial charge in [0.1, 0.15) is 12.4 Å². The monoisotopic (exact) mass is 427 g/mol. The lowest BCUT2D eigenvalue weighted by atomic mass is 10.1. The first-order chi connectivity index (χ1) is 15.1. The van der Waals surface area contributed by atoms with Crippen LogP contribution in [0.3, 0.4) is 0 Å². The minimum atomic E-state index is -1.12. The van der Waals surface area contributed by atoms with Crippen LogP contribution in [-0.2, 0) is 4.79 Å². The van der Waals surface area contributed by atoms with Gasteiger partial charge in [0.15, 0.2) is 11.5 Å². The summed E-state index contributed by atoms with van der Waals surface area (Å²) in [6.07, 6.45) is 6.11. The summed E-state index contributed by atoms with van der Waals surface area (Å²) in [7, 11) is 0. The number of hydrogen-bond donors (Lipinski definition) is 2. The Morgan fingerprint density at radius 2 is 1.81 bits per heavy atom. The molecule has 7 nitrogen and oxygen atoms in total. The Hall–Kier alpha value is -3.22. The van der Waals surface area contributed by atoms with Gasteiger partial charge in [-0.1, -0.05) is 45.1 Å². The maximum atomic E-state index is 12.6. The highest BCUT2D eigenvalue weighted by Crippen LogP contribution is 2.39. The van der Waals surface area contributed by atoms with Gasteiger partial charge in [0, 0.05) is 5.56 Å². The summed E-state index contributed by atoms with van der Waals surface area (Å²) in [5.74, 6) is -0.120. The van der Waals surface area contributed by atoms with Crippen molar-refractivity contribution in [2.75, 3.05) is 18.5 Å². The number of ether oxygens (including phenoxy) is 3. The molecular weight excluding hydrogens is 398 g/mol. The number of carboxylic acids is 1. The van der Waals surface area contributed by atoms with Crippen LogP contribution >= 0.6 is 0 Å². The Balaban J connectivity index is 1.53. The number of para-hydroxylation sites is 1. The van der Waals surface area contributed by atoms with Crippen LogP contribution in [0.1, 0.15) is 55.8 Å². The van der Waals surface area contributed by atoms with E-state index in [0.717, 1.165) is 18.6 Å². The lowest BCUT2D eigenvalue weighted by Crippen LogP contribution is -2.36. The molecule has 0 bridgehead atoms. The van der Waals surface area contributed by atoms with E-state index in [1.165, 1.54) is 25.7 Å². The fraction of sp³-hybridized carbons (Fsp3) is 0.417. The van der Waals surface area contributed by atoms with Gasteiger partial charge in [-0.05, 0) is 42.8 Å². The van der Waals surface area contributed by atoms with Crippen LogP contribution in [0.4, 0.5) is 5.69 Å². The van der Waals surface area contributed by atoms with Crippen LogP contribution in [0, 0.1) is 0 Å². The third-order valence-corrected chi connectivity index (χ3v) is 5.04. The number of aliphatic carboxylic acids is 1. The summed E-state index contributed by atoms with van der Waals surface area (Å²) in [6.45, 7) is 2.79. The Morgan fingerprint density at radius 1 is 1.06 bits per heavy atom. The number of fused-ring (bicyclic) bond motifs is 1. The molecule has 1 unspecified atom stereocenters. The normalized spacial score (nSPS) is 14.7. The number of hydrogen-bond acceptors (Lipinski definition) is 5. The Morgan fingerprint density at radius 3 is 2.55 bits per heavy atom. The van der Waals surface area contributed by atoms with Crippen molar-refractivity contribution in [2.45, 2.75) is 51.6 Å². The molecule has 0 aromatic heterocycles. The molecule has 0 aliphatic carbocycles. The van der Waals surface area contributed by atoms with Crippen LogP contribution in [0.5, 0.6) is 17.2 Å². The second-order valence-electron chi connectivity index (χ2n) is 7.48. The minimum Gasteiger partial charge on any atom is -0.494 e. The fourth-order valence-electron chi connectivity index (χ4n) is 3.28. The Labute approximate surface area is 182 Å². The van der Waals surface area contributed by atoms with E-state index in [-0.39, 0.29) is 18.3 Å². The van der Waals surface area contributed by atoms with Gasteiger partial charge in [0.05, 0.1) is 12.3 Å². The predicted molar refractivity (Wildman–Crippen MR) is 117 cm³/mol. The molecule has 0 fully saturated rings. The van der Waals surface area contributed by atoms with E-state index in [1.807, 2.05) is 0 Å².